The van der Waals surface area contributed by atoms with Gasteiger partial charge in [-0.25, -0.2) is 4.79 Å². The minimum atomic E-state index is -1.06. The van der Waals surface area contributed by atoms with E-state index in [0.717, 1.165) is 0 Å². The summed E-state index contributed by atoms with van der Waals surface area (Å²) in [6.45, 7) is 7.29. The second-order valence-electron chi connectivity index (χ2n) is 4.45. The van der Waals surface area contributed by atoms with E-state index in [1.165, 1.54) is 0 Å². The Labute approximate surface area is 105 Å². The lowest BCUT2D eigenvalue weighted by Crippen LogP contribution is -2.40. The van der Waals surface area contributed by atoms with E-state index in [1.807, 2.05) is 13.8 Å². The molecule has 100 valence electrons. The second kappa shape index (κ2) is 5.66. The van der Waals surface area contributed by atoms with Crippen LogP contribution in [0.4, 0.5) is 0 Å². The molecule has 1 aromatic rings. The summed E-state index contributed by atoms with van der Waals surface area (Å²) in [6, 6.07) is -0.906. The molecule has 1 atom stereocenters. The molecular formula is C12H18N2O4. The van der Waals surface area contributed by atoms with Crippen LogP contribution in [0.15, 0.2) is 4.52 Å². The maximum Gasteiger partial charge on any atom is 0.326 e. The molecular weight excluding hydrogens is 236 g/mol. The van der Waals surface area contributed by atoms with Crippen LogP contribution in [0, 0.1) is 6.92 Å². The second-order valence-corrected chi connectivity index (χ2v) is 4.45. The number of hydrogen-bond donors (Lipinski definition) is 2. The van der Waals surface area contributed by atoms with Crippen molar-refractivity contribution >= 4 is 11.9 Å². The lowest BCUT2D eigenvalue weighted by molar-refractivity contribution is -0.139. The Morgan fingerprint density at radius 3 is 2.44 bits per heavy atom. The smallest absolute Gasteiger partial charge is 0.326 e. The largest absolute Gasteiger partial charge is 0.480 e. The van der Waals surface area contributed by atoms with Gasteiger partial charge in [0.2, 0.25) is 0 Å². The number of hydrogen-bond acceptors (Lipinski definition) is 4. The molecule has 0 spiro atoms. The molecule has 0 fully saturated rings. The topological polar surface area (TPSA) is 92.4 Å². The summed E-state index contributed by atoms with van der Waals surface area (Å²) in [6.07, 6.45) is 0.314. The van der Waals surface area contributed by atoms with Crippen LogP contribution in [-0.2, 0) is 4.79 Å². The van der Waals surface area contributed by atoms with Crippen molar-refractivity contribution in [1.82, 2.24) is 10.5 Å². The van der Waals surface area contributed by atoms with Crippen molar-refractivity contribution in [2.24, 2.45) is 0 Å². The van der Waals surface area contributed by atoms with Crippen LogP contribution in [0.2, 0.25) is 0 Å². The molecule has 1 amide bonds. The molecule has 0 aliphatic rings. The number of carbonyl (C=O) groups is 2. The summed E-state index contributed by atoms with van der Waals surface area (Å²) < 4.78 is 5.10. The zero-order chi connectivity index (χ0) is 13.9. The van der Waals surface area contributed by atoms with Crippen molar-refractivity contribution in [3.8, 4) is 0 Å². The summed E-state index contributed by atoms with van der Waals surface area (Å²) in [5.41, 5.74) is 0.807. The van der Waals surface area contributed by atoms with Crippen LogP contribution < -0.4 is 5.32 Å². The Bertz CT molecular complexity index is 451. The maximum atomic E-state index is 11.9. The molecule has 1 aromatic heterocycles. The predicted octanol–water partition coefficient (Wildman–Crippen LogP) is 1.70. The van der Waals surface area contributed by atoms with Gasteiger partial charge in [0.25, 0.3) is 5.91 Å². The molecule has 0 bridgehead atoms. The van der Waals surface area contributed by atoms with E-state index >= 15 is 0 Å². The van der Waals surface area contributed by atoms with Gasteiger partial charge in [0.05, 0.1) is 0 Å². The summed E-state index contributed by atoms with van der Waals surface area (Å²) in [4.78, 5) is 22.7. The zero-order valence-electron chi connectivity index (χ0n) is 11.0. The number of nitrogens with one attached hydrogen (secondary N) is 1. The Hall–Kier alpha value is -1.85. The maximum absolute atomic E-state index is 11.9. The average molecular weight is 254 g/mol. The Balaban J connectivity index is 2.88. The van der Waals surface area contributed by atoms with Gasteiger partial charge in [0, 0.05) is 11.5 Å². The van der Waals surface area contributed by atoms with E-state index in [0.29, 0.717) is 17.7 Å². The first kappa shape index (κ1) is 14.2. The molecule has 1 rings (SSSR count). The van der Waals surface area contributed by atoms with Crippen LogP contribution >= 0.6 is 0 Å². The van der Waals surface area contributed by atoms with Gasteiger partial charge in [-0.2, -0.15) is 0 Å². The number of carboxylic acid groups (broad SMARTS) is 1. The Morgan fingerprint density at radius 1 is 1.44 bits per heavy atom. The molecule has 6 nitrogen and oxygen atoms in total. The minimum absolute atomic E-state index is 0.125. The number of carbonyl (C=O) groups excluding carboxylic acids is 1. The highest BCUT2D eigenvalue weighted by Crippen LogP contribution is 2.21. The molecule has 2 N–H and O–H groups in total. The van der Waals surface area contributed by atoms with Crippen molar-refractivity contribution in [3.63, 3.8) is 0 Å². The third-order valence-corrected chi connectivity index (χ3v) is 2.71. The van der Waals surface area contributed by atoms with Gasteiger partial charge in [-0.05, 0) is 13.3 Å². The normalized spacial score (nSPS) is 12.5. The SMILES string of the molecule is CCC(NC(=O)c1noc(C(C)C)c1C)C(=O)O. The average Bonchev–Trinajstić information content (AvgIpc) is 2.67. The molecule has 6 heteroatoms. The standard InChI is InChI=1S/C12H18N2O4/c1-5-8(12(16)17)13-11(15)9-7(4)10(6(2)3)18-14-9/h6,8H,5H2,1-4H3,(H,13,15)(H,16,17). The van der Waals surface area contributed by atoms with E-state index < -0.39 is 17.9 Å². The molecule has 18 heavy (non-hydrogen) atoms. The first-order valence-corrected chi connectivity index (χ1v) is 5.88. The molecule has 0 aliphatic heterocycles. The van der Waals surface area contributed by atoms with E-state index in [-0.39, 0.29) is 11.6 Å². The number of amides is 1. The van der Waals surface area contributed by atoms with Gasteiger partial charge < -0.3 is 14.9 Å². The highest BCUT2D eigenvalue weighted by molar-refractivity contribution is 5.96. The van der Waals surface area contributed by atoms with Crippen molar-refractivity contribution in [3.05, 3.63) is 17.0 Å². The van der Waals surface area contributed by atoms with Gasteiger partial charge in [-0.3, -0.25) is 4.79 Å². The van der Waals surface area contributed by atoms with Crippen LogP contribution in [0.1, 0.15) is 54.9 Å². The summed E-state index contributed by atoms with van der Waals surface area (Å²) in [5.74, 6) is -0.808. The van der Waals surface area contributed by atoms with Gasteiger partial charge in [-0.1, -0.05) is 25.9 Å². The van der Waals surface area contributed by atoms with Gasteiger partial charge in [0.1, 0.15) is 11.8 Å². The van der Waals surface area contributed by atoms with Crippen molar-refractivity contribution < 1.29 is 19.2 Å². The highest BCUT2D eigenvalue weighted by atomic mass is 16.5. The minimum Gasteiger partial charge on any atom is -0.480 e. The number of rotatable bonds is 5. The third-order valence-electron chi connectivity index (χ3n) is 2.71. The fourth-order valence-corrected chi connectivity index (χ4v) is 1.66. The Kier molecular flexibility index (Phi) is 4.47. The van der Waals surface area contributed by atoms with Crippen LogP contribution in [0.3, 0.4) is 0 Å². The van der Waals surface area contributed by atoms with Crippen molar-refractivity contribution in [2.45, 2.75) is 46.1 Å². The zero-order valence-corrected chi connectivity index (χ0v) is 11.0. The van der Waals surface area contributed by atoms with E-state index in [9.17, 15) is 9.59 Å². The summed E-state index contributed by atoms with van der Waals surface area (Å²) in [7, 11) is 0. The van der Waals surface area contributed by atoms with Crippen LogP contribution in [0.5, 0.6) is 0 Å². The lowest BCUT2D eigenvalue weighted by Gasteiger charge is -2.10. The molecule has 0 aromatic carbocycles. The molecule has 0 radical (unpaired) electrons. The highest BCUT2D eigenvalue weighted by Gasteiger charge is 2.24. The van der Waals surface area contributed by atoms with E-state index in [2.05, 4.69) is 10.5 Å². The number of aliphatic carboxylic acids is 1. The van der Waals surface area contributed by atoms with Gasteiger partial charge in [0.15, 0.2) is 5.69 Å². The summed E-state index contributed by atoms with van der Waals surface area (Å²) in [5, 5.41) is 15.0. The van der Waals surface area contributed by atoms with Gasteiger partial charge in [-0.15, -0.1) is 0 Å². The van der Waals surface area contributed by atoms with E-state index in [4.69, 9.17) is 9.63 Å². The van der Waals surface area contributed by atoms with Crippen LogP contribution in [0.25, 0.3) is 0 Å². The first-order chi connectivity index (χ1) is 8.38. The quantitative estimate of drug-likeness (QED) is 0.834. The lowest BCUT2D eigenvalue weighted by atomic mass is 10.1. The molecule has 1 unspecified atom stereocenters. The number of nitrogens with zero attached hydrogens (tertiary/aromatic N) is 1. The third kappa shape index (κ3) is 2.88. The number of aromatic nitrogens is 1. The molecule has 0 saturated heterocycles. The van der Waals surface area contributed by atoms with Gasteiger partial charge >= 0.3 is 5.97 Å². The van der Waals surface area contributed by atoms with Crippen molar-refractivity contribution in [1.29, 1.82) is 0 Å². The summed E-state index contributed by atoms with van der Waals surface area (Å²) >= 11 is 0. The molecule has 0 aliphatic carbocycles. The first-order valence-electron chi connectivity index (χ1n) is 5.88. The van der Waals surface area contributed by atoms with Crippen LogP contribution in [-0.4, -0.2) is 28.2 Å². The fraction of sp³-hybridized carbons (Fsp3) is 0.583. The van der Waals surface area contributed by atoms with E-state index in [1.54, 1.807) is 13.8 Å². The van der Waals surface area contributed by atoms with Crippen molar-refractivity contribution in [2.75, 3.05) is 0 Å². The Morgan fingerprint density at radius 2 is 2.06 bits per heavy atom. The predicted molar refractivity (Wildman–Crippen MR) is 64.5 cm³/mol. The fourth-order valence-electron chi connectivity index (χ4n) is 1.66. The monoisotopic (exact) mass is 254 g/mol. The molecule has 0 saturated carbocycles. The number of carboxylic acids is 1. The molecule has 1 heterocycles.